The maximum Gasteiger partial charge on any atom is 0.305 e. The molecule has 1 atom stereocenters. The first-order valence-electron chi connectivity index (χ1n) is 4.07. The quantitative estimate of drug-likeness (QED) is 0.854. The first kappa shape index (κ1) is 11.6. The first-order valence-corrected chi connectivity index (χ1v) is 5.74. The number of nitrogens with zero attached hydrogens (tertiary/aromatic N) is 1. The number of thiazole rings is 1. The molecule has 0 aromatic carbocycles. The maximum absolute atomic E-state index is 10.8. The van der Waals surface area contributed by atoms with Crippen LogP contribution in [0.1, 0.15) is 24.6 Å². The van der Waals surface area contributed by atoms with Crippen LogP contribution in [-0.2, 0) is 9.53 Å². The third kappa shape index (κ3) is 3.36. The molecule has 2 N–H and O–H groups in total. The van der Waals surface area contributed by atoms with E-state index in [4.69, 9.17) is 5.73 Å². The van der Waals surface area contributed by atoms with E-state index >= 15 is 0 Å². The predicted octanol–water partition coefficient (Wildman–Crippen LogP) is 1.86. The molecule has 0 bridgehead atoms. The molecule has 0 fully saturated rings. The maximum atomic E-state index is 10.8. The highest BCUT2D eigenvalue weighted by molar-refractivity contribution is 9.11. The summed E-state index contributed by atoms with van der Waals surface area (Å²) in [5, 5.41) is 1.88. The highest BCUT2D eigenvalue weighted by Gasteiger charge is 2.11. The molecule has 0 aliphatic heterocycles. The van der Waals surface area contributed by atoms with Gasteiger partial charge in [0, 0.05) is 17.8 Å². The molecule has 14 heavy (non-hydrogen) atoms. The molecule has 0 amide bonds. The average molecular weight is 279 g/mol. The smallest absolute Gasteiger partial charge is 0.305 e. The van der Waals surface area contributed by atoms with Crippen molar-refractivity contribution < 1.29 is 9.53 Å². The molecule has 0 radical (unpaired) electrons. The molecule has 1 heterocycles. The fourth-order valence-corrected chi connectivity index (χ4v) is 2.05. The number of rotatable bonds is 4. The molecule has 0 spiro atoms. The summed E-state index contributed by atoms with van der Waals surface area (Å²) in [5.41, 5.74) is 6.64. The number of methoxy groups -OCH3 is 1. The summed E-state index contributed by atoms with van der Waals surface area (Å²) in [7, 11) is 1.37. The van der Waals surface area contributed by atoms with Gasteiger partial charge in [0.15, 0.2) is 3.92 Å². The van der Waals surface area contributed by atoms with Crippen molar-refractivity contribution in [1.29, 1.82) is 0 Å². The van der Waals surface area contributed by atoms with E-state index in [0.29, 0.717) is 12.8 Å². The first-order chi connectivity index (χ1) is 6.63. The highest BCUT2D eigenvalue weighted by atomic mass is 79.9. The minimum absolute atomic E-state index is 0.198. The molecule has 0 saturated carbocycles. The van der Waals surface area contributed by atoms with Crippen molar-refractivity contribution in [2.75, 3.05) is 7.11 Å². The van der Waals surface area contributed by atoms with Crippen molar-refractivity contribution in [3.05, 3.63) is 15.0 Å². The number of carbonyl (C=O) groups excluding carboxylic acids is 1. The zero-order valence-electron chi connectivity index (χ0n) is 7.70. The number of carbonyl (C=O) groups is 1. The van der Waals surface area contributed by atoms with Crippen molar-refractivity contribution in [3.8, 4) is 0 Å². The van der Waals surface area contributed by atoms with Crippen molar-refractivity contribution in [1.82, 2.24) is 4.98 Å². The lowest BCUT2D eigenvalue weighted by Crippen LogP contribution is -2.13. The van der Waals surface area contributed by atoms with Gasteiger partial charge in [-0.25, -0.2) is 4.98 Å². The van der Waals surface area contributed by atoms with Gasteiger partial charge in [-0.1, -0.05) is 0 Å². The second kappa shape index (κ2) is 5.43. The van der Waals surface area contributed by atoms with Crippen LogP contribution in [0, 0.1) is 0 Å². The van der Waals surface area contributed by atoms with E-state index in [2.05, 4.69) is 25.7 Å². The van der Waals surface area contributed by atoms with Gasteiger partial charge < -0.3 is 10.5 Å². The number of ether oxygens (including phenoxy) is 1. The highest BCUT2D eigenvalue weighted by Crippen LogP contribution is 2.22. The lowest BCUT2D eigenvalue weighted by molar-refractivity contribution is -0.140. The molecule has 78 valence electrons. The van der Waals surface area contributed by atoms with Crippen molar-refractivity contribution in [2.45, 2.75) is 18.9 Å². The molecular formula is C8H11BrN2O2S. The summed E-state index contributed by atoms with van der Waals surface area (Å²) in [5.74, 6) is -0.241. The summed E-state index contributed by atoms with van der Waals surface area (Å²) in [6.45, 7) is 0. The molecule has 1 rings (SSSR count). The Kier molecular flexibility index (Phi) is 4.50. The Labute approximate surface area is 94.6 Å². The monoisotopic (exact) mass is 278 g/mol. The zero-order chi connectivity index (χ0) is 10.6. The molecule has 1 unspecified atom stereocenters. The Bertz CT molecular complexity index is 316. The van der Waals surface area contributed by atoms with Gasteiger partial charge >= 0.3 is 5.97 Å². The minimum Gasteiger partial charge on any atom is -0.469 e. The van der Waals surface area contributed by atoms with E-state index in [1.165, 1.54) is 18.4 Å². The number of hydrogen-bond acceptors (Lipinski definition) is 5. The van der Waals surface area contributed by atoms with E-state index < -0.39 is 0 Å². The molecule has 1 aromatic heterocycles. The van der Waals surface area contributed by atoms with Gasteiger partial charge in [0.25, 0.3) is 0 Å². The minimum atomic E-state index is -0.241. The summed E-state index contributed by atoms with van der Waals surface area (Å²) in [4.78, 5) is 15.0. The number of nitrogens with two attached hydrogens (primary N) is 1. The van der Waals surface area contributed by atoms with Gasteiger partial charge in [-0.05, 0) is 22.4 Å². The predicted molar refractivity (Wildman–Crippen MR) is 58.0 cm³/mol. The zero-order valence-corrected chi connectivity index (χ0v) is 10.1. The topological polar surface area (TPSA) is 65.2 Å². The van der Waals surface area contributed by atoms with Crippen LogP contribution in [0.25, 0.3) is 0 Å². The summed E-state index contributed by atoms with van der Waals surface area (Å²) >= 11 is 4.74. The second-order valence-electron chi connectivity index (χ2n) is 2.75. The van der Waals surface area contributed by atoms with Crippen LogP contribution in [0.2, 0.25) is 0 Å². The average Bonchev–Trinajstić information content (AvgIpc) is 2.60. The number of halogens is 1. The normalized spacial score (nSPS) is 12.5. The summed E-state index contributed by atoms with van der Waals surface area (Å²) in [6.07, 6.45) is 0.885. The van der Waals surface area contributed by atoms with E-state index in [1.54, 1.807) is 0 Å². The molecule has 0 saturated heterocycles. The van der Waals surface area contributed by atoms with Crippen LogP contribution >= 0.6 is 27.3 Å². The van der Waals surface area contributed by atoms with Gasteiger partial charge in [0.1, 0.15) is 0 Å². The largest absolute Gasteiger partial charge is 0.469 e. The van der Waals surface area contributed by atoms with E-state index in [-0.39, 0.29) is 12.0 Å². The van der Waals surface area contributed by atoms with Gasteiger partial charge in [-0.2, -0.15) is 0 Å². The molecule has 4 nitrogen and oxygen atoms in total. The van der Waals surface area contributed by atoms with Gasteiger partial charge in [-0.3, -0.25) is 4.79 Å². The van der Waals surface area contributed by atoms with Crippen LogP contribution in [-0.4, -0.2) is 18.1 Å². The van der Waals surface area contributed by atoms with Crippen LogP contribution in [0.15, 0.2) is 9.30 Å². The van der Waals surface area contributed by atoms with E-state index in [1.807, 2.05) is 5.38 Å². The summed E-state index contributed by atoms with van der Waals surface area (Å²) < 4.78 is 5.33. The van der Waals surface area contributed by atoms with Crippen molar-refractivity contribution in [2.24, 2.45) is 5.73 Å². The fraction of sp³-hybridized carbons (Fsp3) is 0.500. The Balaban J connectivity index is 2.42. The van der Waals surface area contributed by atoms with Gasteiger partial charge in [0.05, 0.1) is 12.8 Å². The Morgan fingerprint density at radius 3 is 3.07 bits per heavy atom. The number of esters is 1. The number of aromatic nitrogens is 1. The van der Waals surface area contributed by atoms with Crippen LogP contribution in [0.4, 0.5) is 0 Å². The van der Waals surface area contributed by atoms with Gasteiger partial charge in [0.2, 0.25) is 0 Å². The lowest BCUT2D eigenvalue weighted by atomic mass is 10.1. The van der Waals surface area contributed by atoms with Crippen molar-refractivity contribution >= 4 is 33.2 Å². The fourth-order valence-electron chi connectivity index (χ4n) is 0.957. The van der Waals surface area contributed by atoms with E-state index in [0.717, 1.165) is 9.61 Å². The van der Waals surface area contributed by atoms with Crippen LogP contribution in [0.5, 0.6) is 0 Å². The molecular weight excluding hydrogens is 268 g/mol. The van der Waals surface area contributed by atoms with Gasteiger partial charge in [-0.15, -0.1) is 11.3 Å². The third-order valence-corrected chi connectivity index (χ3v) is 3.14. The SMILES string of the molecule is COC(=O)CCC(N)c1csc(Br)n1. The van der Waals surface area contributed by atoms with Crippen molar-refractivity contribution in [3.63, 3.8) is 0 Å². The Morgan fingerprint density at radius 1 is 1.86 bits per heavy atom. The Hall–Kier alpha value is -0.460. The van der Waals surface area contributed by atoms with E-state index in [9.17, 15) is 4.79 Å². The third-order valence-electron chi connectivity index (χ3n) is 1.76. The second-order valence-corrected chi connectivity index (χ2v) is 4.88. The standard InChI is InChI=1S/C8H11BrN2O2S/c1-13-7(12)3-2-5(10)6-4-14-8(9)11-6/h4-5H,2-3,10H2,1H3. The lowest BCUT2D eigenvalue weighted by Gasteiger charge is -2.06. The van der Waals surface area contributed by atoms with Crippen LogP contribution < -0.4 is 5.73 Å². The molecule has 1 aromatic rings. The van der Waals surface area contributed by atoms with Crippen LogP contribution in [0.3, 0.4) is 0 Å². The number of hydrogen-bond donors (Lipinski definition) is 1. The molecule has 6 heteroatoms. The molecule has 0 aliphatic carbocycles. The summed E-state index contributed by atoms with van der Waals surface area (Å²) in [6, 6.07) is -0.198. The molecule has 0 aliphatic rings. The Morgan fingerprint density at radius 2 is 2.57 bits per heavy atom.